The quantitative estimate of drug-likeness (QED) is 0.591. The Bertz CT molecular complexity index is 967. The van der Waals surface area contributed by atoms with Gasteiger partial charge in [-0.2, -0.15) is 0 Å². The van der Waals surface area contributed by atoms with Crippen LogP contribution in [0.4, 0.5) is 5.69 Å². The van der Waals surface area contributed by atoms with E-state index in [-0.39, 0.29) is 5.91 Å². The molecule has 4 rings (SSSR count). The van der Waals surface area contributed by atoms with Crippen molar-refractivity contribution < 1.29 is 19.4 Å². The van der Waals surface area contributed by atoms with E-state index in [1.807, 2.05) is 30.3 Å². The fourth-order valence-electron chi connectivity index (χ4n) is 2.67. The van der Waals surface area contributed by atoms with E-state index in [2.05, 4.69) is 28.5 Å². The van der Waals surface area contributed by atoms with Gasteiger partial charge >= 0.3 is 139 Å². The summed E-state index contributed by atoms with van der Waals surface area (Å²) >= 11 is 2.41. The van der Waals surface area contributed by atoms with Crippen LogP contribution in [-0.4, -0.2) is 56.7 Å². The number of carbonyl (C=O) groups is 2. The van der Waals surface area contributed by atoms with Crippen LogP contribution in [0.15, 0.2) is 52.4 Å². The molecule has 0 spiro atoms. The van der Waals surface area contributed by atoms with E-state index >= 15 is 0 Å². The minimum absolute atomic E-state index is 0.196. The predicted molar refractivity (Wildman–Crippen MR) is 112 cm³/mol. The maximum Gasteiger partial charge on any atom is 0.0924 e. The summed E-state index contributed by atoms with van der Waals surface area (Å²) in [5.74, 6) is -0.0812. The predicted octanol–water partition coefficient (Wildman–Crippen LogP) is 2.59. The third-order valence-electron chi connectivity index (χ3n) is 3.93. The largest absolute Gasteiger partial charge is 0.493 e. The number of hydrogen-bond acceptors (Lipinski definition) is 5. The van der Waals surface area contributed by atoms with Crippen LogP contribution in [0.2, 0.25) is 0 Å². The van der Waals surface area contributed by atoms with E-state index in [1.54, 1.807) is 0 Å². The number of amides is 1. The number of thioether (sulfide) groups is 1. The number of anilines is 1. The van der Waals surface area contributed by atoms with Gasteiger partial charge in [0.15, 0.2) is 0 Å². The van der Waals surface area contributed by atoms with Crippen LogP contribution in [0.3, 0.4) is 0 Å². The summed E-state index contributed by atoms with van der Waals surface area (Å²) in [5, 5.41) is 11.2. The van der Waals surface area contributed by atoms with Gasteiger partial charge in [-0.3, -0.25) is 4.79 Å². The van der Waals surface area contributed by atoms with Crippen LogP contribution in [0.5, 0.6) is 5.75 Å². The first-order valence-corrected chi connectivity index (χ1v) is 10.5. The molecule has 28 heavy (non-hydrogen) atoms. The molecule has 0 saturated heterocycles. The van der Waals surface area contributed by atoms with Gasteiger partial charge in [-0.15, -0.1) is 0 Å². The van der Waals surface area contributed by atoms with E-state index in [4.69, 9.17) is 14.6 Å². The van der Waals surface area contributed by atoms with Gasteiger partial charge in [0.05, 0.1) is 6.61 Å². The average molecular weight is 404 g/mol. The van der Waals surface area contributed by atoms with Crippen molar-refractivity contribution in [2.24, 2.45) is 4.99 Å². The van der Waals surface area contributed by atoms with Crippen LogP contribution in [0.25, 0.3) is 6.08 Å². The molecular formula is C20H17N2NaO4S. The van der Waals surface area contributed by atoms with Crippen LogP contribution in [-0.2, 0) is 16.0 Å². The maximum absolute atomic E-state index is 12.1. The number of rotatable bonds is 2. The summed E-state index contributed by atoms with van der Waals surface area (Å²) in [6.07, 6.45) is 2.82. The molecular weight excluding hydrogens is 387 g/mol. The molecule has 138 valence electrons. The van der Waals surface area contributed by atoms with Gasteiger partial charge < -0.3 is 9.84 Å². The van der Waals surface area contributed by atoms with Crippen molar-refractivity contribution in [3.63, 3.8) is 0 Å². The molecule has 2 aliphatic heterocycles. The number of amidine groups is 1. The smallest absolute Gasteiger partial charge is 0.0924 e. The van der Waals surface area contributed by atoms with E-state index < -0.39 is 5.97 Å². The average Bonchev–Trinajstić information content (AvgIpc) is 3.23. The molecule has 2 heterocycles. The summed E-state index contributed by atoms with van der Waals surface area (Å²) < 4.78 is 6.85. The van der Waals surface area contributed by atoms with E-state index in [0.717, 1.165) is 64.9 Å². The first kappa shape index (κ1) is 20.7. The number of nitrogens with zero attached hydrogens (tertiary/aromatic N) is 1. The summed E-state index contributed by atoms with van der Waals surface area (Å²) in [7, 11) is 0. The molecule has 0 unspecified atom stereocenters. The van der Waals surface area contributed by atoms with Crippen molar-refractivity contribution in [1.29, 1.82) is 0 Å². The normalized spacial score (nSPS) is 16.0. The summed E-state index contributed by atoms with van der Waals surface area (Å²) in [4.78, 5) is 25.9. The van der Waals surface area contributed by atoms with Gasteiger partial charge in [0.2, 0.25) is 0 Å². The molecule has 2 aromatic carbocycles. The number of hydrogen-bond donors (Lipinski definition) is 2. The third-order valence-corrected chi connectivity index (χ3v) is 5.50. The number of ether oxygens (including phenoxy) is 1. The Morgan fingerprint density at radius 2 is 2.00 bits per heavy atom. The molecule has 2 N–H and O–H groups in total. The number of carbonyl (C=O) groups excluding carboxylic acids is 1. The number of nitrogens with one attached hydrogen (secondary N) is 1. The molecule has 8 heteroatoms. The number of aliphatic carboxylic acids is 1. The van der Waals surface area contributed by atoms with Crippen molar-refractivity contribution in [2.45, 2.75) is 13.3 Å². The Morgan fingerprint density at radius 1 is 1.29 bits per heavy atom. The van der Waals surface area contributed by atoms with Gasteiger partial charge in [-0.05, 0) is 0 Å². The molecule has 0 aromatic heterocycles. The minimum atomic E-state index is -0.833. The molecule has 2 aliphatic rings. The molecule has 0 aliphatic carbocycles. The monoisotopic (exact) mass is 404 g/mol. The van der Waals surface area contributed by atoms with Crippen molar-refractivity contribution in [1.82, 2.24) is 0 Å². The van der Waals surface area contributed by atoms with Gasteiger partial charge in [0.25, 0.3) is 5.97 Å². The summed E-state index contributed by atoms with van der Waals surface area (Å²) in [6.45, 7) is 1.82. The van der Waals surface area contributed by atoms with Crippen molar-refractivity contribution in [3.8, 4) is 5.75 Å². The second-order valence-electron chi connectivity index (χ2n) is 6.31. The number of fused-ring (bicyclic) bond motifs is 1. The van der Waals surface area contributed by atoms with Gasteiger partial charge in [-0.25, -0.2) is 0 Å². The Kier molecular flexibility index (Phi) is 6.96. The number of benzene rings is 2. The van der Waals surface area contributed by atoms with Gasteiger partial charge in [0.1, 0.15) is 5.75 Å². The number of carboxylic acid groups (broad SMARTS) is 1. The molecule has 0 radical (unpaired) electrons. The first-order valence-electron chi connectivity index (χ1n) is 8.72. The SMILES string of the molecule is CC(=O)O.O=C1N=C(Nc2cc[c]([Na])cc2)S/C1=C\c1ccc2c(c1)CCO2. The molecule has 0 bridgehead atoms. The zero-order valence-electron chi connectivity index (χ0n) is 15.6. The first-order chi connectivity index (χ1) is 13.4. The van der Waals surface area contributed by atoms with E-state index in [1.165, 1.54) is 20.1 Å². The number of aliphatic imine (C=N–C) groups is 1. The van der Waals surface area contributed by atoms with Gasteiger partial charge in [0, 0.05) is 13.3 Å². The Labute approximate surface area is 184 Å². The second kappa shape index (κ2) is 9.43. The summed E-state index contributed by atoms with van der Waals surface area (Å²) in [6, 6.07) is 14.2. The Hall–Kier alpha value is -2.06. The minimum Gasteiger partial charge on any atom is -0.493 e. The summed E-state index contributed by atoms with van der Waals surface area (Å²) in [5.41, 5.74) is 3.15. The van der Waals surface area contributed by atoms with Gasteiger partial charge in [-0.1, -0.05) is 0 Å². The Morgan fingerprint density at radius 3 is 2.71 bits per heavy atom. The fraction of sp³-hybridized carbons (Fsp3) is 0.150. The van der Waals surface area contributed by atoms with Crippen molar-refractivity contribution in [3.05, 3.63) is 58.5 Å². The molecule has 0 saturated carbocycles. The maximum atomic E-state index is 12.1. The standard InChI is InChI=1S/C18H13N2O2S.C2H4O2.Na/c21-17-16(11-12-6-7-15-13(10-12)8-9-22-15)23-18(20-17)19-14-4-2-1-3-5-14;1-2(3)4;/h2-7,10-11H,8-9H2,(H,19,20,21);1H3,(H,3,4);/b16-11-;;. The molecule has 0 fully saturated rings. The Balaban J connectivity index is 0.000000516. The van der Waals surface area contributed by atoms with Crippen molar-refractivity contribution in [2.75, 3.05) is 11.9 Å². The van der Waals surface area contributed by atoms with E-state index in [9.17, 15) is 4.79 Å². The fourth-order valence-corrected chi connectivity index (χ4v) is 3.84. The molecule has 0 atom stereocenters. The molecule has 6 nitrogen and oxygen atoms in total. The number of carboxylic acids is 1. The second-order valence-corrected chi connectivity index (χ2v) is 8.49. The zero-order valence-corrected chi connectivity index (χ0v) is 18.4. The molecule has 1 amide bonds. The van der Waals surface area contributed by atoms with Crippen molar-refractivity contribution >= 4 is 71.3 Å². The van der Waals surface area contributed by atoms with Crippen LogP contribution < -0.4 is 12.9 Å². The molecule has 2 aromatic rings. The van der Waals surface area contributed by atoms with Crippen LogP contribution >= 0.6 is 11.8 Å². The van der Waals surface area contributed by atoms with Crippen LogP contribution in [0.1, 0.15) is 18.1 Å². The van der Waals surface area contributed by atoms with E-state index in [0.29, 0.717) is 10.1 Å². The topological polar surface area (TPSA) is 88.0 Å². The van der Waals surface area contributed by atoms with Crippen LogP contribution in [0, 0.1) is 0 Å². The zero-order chi connectivity index (χ0) is 20.1. The third kappa shape index (κ3) is 5.72.